The lowest BCUT2D eigenvalue weighted by Crippen LogP contribution is -2.44. The smallest absolute Gasteiger partial charge is 0.232 e. The number of aromatic nitrogens is 2. The minimum atomic E-state index is -0.230. The average molecular weight is 338 g/mol. The first kappa shape index (κ1) is 16.3. The predicted molar refractivity (Wildman–Crippen MR) is 98.9 cm³/mol. The Morgan fingerprint density at radius 1 is 1.32 bits per heavy atom. The molecule has 25 heavy (non-hydrogen) atoms. The Morgan fingerprint density at radius 2 is 2.20 bits per heavy atom. The van der Waals surface area contributed by atoms with E-state index >= 15 is 0 Å². The molecule has 2 aliphatic rings. The zero-order chi connectivity index (χ0) is 17.4. The summed E-state index contributed by atoms with van der Waals surface area (Å²) in [5.41, 5.74) is 3.68. The molecule has 1 saturated carbocycles. The van der Waals surface area contributed by atoms with Crippen LogP contribution in [-0.4, -0.2) is 28.8 Å². The first-order valence-electron chi connectivity index (χ1n) is 9.24. The van der Waals surface area contributed by atoms with E-state index in [1.807, 2.05) is 42.8 Å². The fraction of sp³-hybridized carbons (Fsp3) is 0.500. The van der Waals surface area contributed by atoms with Crippen molar-refractivity contribution in [2.75, 3.05) is 18.4 Å². The molecular weight excluding hydrogens is 312 g/mol. The van der Waals surface area contributed by atoms with Crippen LogP contribution in [-0.2, 0) is 4.79 Å². The number of carbonyl (C=O) groups is 1. The molecule has 5 nitrogen and oxygen atoms in total. The highest BCUT2D eigenvalue weighted by Crippen LogP contribution is 2.44. The van der Waals surface area contributed by atoms with Gasteiger partial charge in [0.1, 0.15) is 0 Å². The number of hydrogen-bond acceptors (Lipinski definition) is 3. The number of amides is 1. The van der Waals surface area contributed by atoms with E-state index in [-0.39, 0.29) is 11.3 Å². The summed E-state index contributed by atoms with van der Waals surface area (Å²) in [5, 5.41) is 11.2. The summed E-state index contributed by atoms with van der Waals surface area (Å²) in [5.74, 6) is 0.646. The van der Waals surface area contributed by atoms with Crippen molar-refractivity contribution < 1.29 is 4.79 Å². The Balaban J connectivity index is 1.58. The van der Waals surface area contributed by atoms with Crippen molar-refractivity contribution in [3.05, 3.63) is 41.7 Å². The number of fused-ring (bicyclic) bond motifs is 1. The van der Waals surface area contributed by atoms with Crippen LogP contribution >= 0.6 is 0 Å². The van der Waals surface area contributed by atoms with E-state index in [9.17, 15) is 4.79 Å². The minimum Gasteiger partial charge on any atom is -0.325 e. The fourth-order valence-corrected chi connectivity index (χ4v) is 4.55. The van der Waals surface area contributed by atoms with Gasteiger partial charge in [-0.05, 0) is 63.4 Å². The van der Waals surface area contributed by atoms with Crippen LogP contribution in [0.3, 0.4) is 0 Å². The van der Waals surface area contributed by atoms with Crippen LogP contribution in [0.2, 0.25) is 0 Å². The molecule has 2 heterocycles. The monoisotopic (exact) mass is 338 g/mol. The quantitative estimate of drug-likeness (QED) is 0.903. The van der Waals surface area contributed by atoms with E-state index in [1.54, 1.807) is 0 Å². The van der Waals surface area contributed by atoms with Gasteiger partial charge in [0.2, 0.25) is 5.91 Å². The Kier molecular flexibility index (Phi) is 4.12. The second kappa shape index (κ2) is 6.30. The van der Waals surface area contributed by atoms with Crippen molar-refractivity contribution in [2.24, 2.45) is 11.3 Å². The van der Waals surface area contributed by atoms with Crippen LogP contribution in [0, 0.1) is 25.2 Å². The lowest BCUT2D eigenvalue weighted by Gasteiger charge is -2.37. The molecule has 5 heteroatoms. The zero-order valence-corrected chi connectivity index (χ0v) is 15.0. The number of nitrogens with one attached hydrogen (secondary N) is 2. The maximum Gasteiger partial charge on any atom is 0.232 e. The summed E-state index contributed by atoms with van der Waals surface area (Å²) in [6.07, 6.45) is 4.55. The lowest BCUT2D eigenvalue weighted by molar-refractivity contribution is -0.128. The van der Waals surface area contributed by atoms with Gasteiger partial charge in [-0.3, -0.25) is 4.79 Å². The van der Waals surface area contributed by atoms with Crippen LogP contribution in [0.1, 0.15) is 37.1 Å². The van der Waals surface area contributed by atoms with Crippen molar-refractivity contribution in [3.8, 4) is 5.69 Å². The molecule has 2 atom stereocenters. The molecule has 1 aromatic carbocycles. The Bertz CT molecular complexity index is 797. The number of benzene rings is 1. The predicted octanol–water partition coefficient (Wildman–Crippen LogP) is 3.21. The van der Waals surface area contributed by atoms with Gasteiger partial charge in [-0.2, -0.15) is 5.10 Å². The van der Waals surface area contributed by atoms with Gasteiger partial charge in [-0.25, -0.2) is 4.68 Å². The normalized spacial score (nSPS) is 25.6. The third-order valence-corrected chi connectivity index (χ3v) is 5.85. The number of hydrogen-bond donors (Lipinski definition) is 2. The molecule has 0 radical (unpaired) electrons. The highest BCUT2D eigenvalue weighted by Gasteiger charge is 2.49. The minimum absolute atomic E-state index is 0.174. The molecule has 1 saturated heterocycles. The molecule has 2 N–H and O–H groups in total. The molecule has 2 aromatic rings. The number of nitrogens with zero attached hydrogens (tertiary/aromatic N) is 2. The molecule has 1 amide bonds. The van der Waals surface area contributed by atoms with Gasteiger partial charge in [-0.1, -0.05) is 18.9 Å². The van der Waals surface area contributed by atoms with Gasteiger partial charge in [0.05, 0.1) is 16.8 Å². The Hall–Kier alpha value is -2.14. The standard InChI is InChI=1S/C20H26N4O/c1-14-10-15(2)24(23-14)18-8-5-7-17(11-18)22-19(25)20-9-4-3-6-16(20)12-21-13-20/h5,7-8,10-11,16,21H,3-4,6,9,12-13H2,1-2H3,(H,22,25)/t16-,20+/m0/s1. The van der Waals surface area contributed by atoms with Crippen molar-refractivity contribution >= 4 is 11.6 Å². The molecule has 0 bridgehead atoms. The van der Waals surface area contributed by atoms with Crippen LogP contribution in [0.25, 0.3) is 5.69 Å². The summed E-state index contributed by atoms with van der Waals surface area (Å²) in [6, 6.07) is 10.0. The Morgan fingerprint density at radius 3 is 3.00 bits per heavy atom. The van der Waals surface area contributed by atoms with E-state index in [0.29, 0.717) is 5.92 Å². The number of aryl methyl sites for hydroxylation is 2. The summed E-state index contributed by atoms with van der Waals surface area (Å²) >= 11 is 0. The molecule has 0 unspecified atom stereocenters. The molecule has 0 spiro atoms. The number of anilines is 1. The summed E-state index contributed by atoms with van der Waals surface area (Å²) in [7, 11) is 0. The first-order valence-corrected chi connectivity index (χ1v) is 9.24. The van der Waals surface area contributed by atoms with Gasteiger partial charge in [0, 0.05) is 17.9 Å². The van der Waals surface area contributed by atoms with Gasteiger partial charge in [0.15, 0.2) is 0 Å². The second-order valence-electron chi connectivity index (χ2n) is 7.57. The number of rotatable bonds is 3. The molecule has 1 aromatic heterocycles. The third kappa shape index (κ3) is 2.86. The van der Waals surface area contributed by atoms with Crippen LogP contribution < -0.4 is 10.6 Å². The van der Waals surface area contributed by atoms with Crippen LogP contribution in [0.15, 0.2) is 30.3 Å². The van der Waals surface area contributed by atoms with Crippen molar-refractivity contribution in [2.45, 2.75) is 39.5 Å². The molecular formula is C20H26N4O. The zero-order valence-electron chi connectivity index (χ0n) is 15.0. The van der Waals surface area contributed by atoms with Gasteiger partial charge in [-0.15, -0.1) is 0 Å². The van der Waals surface area contributed by atoms with Crippen molar-refractivity contribution in [1.82, 2.24) is 15.1 Å². The summed E-state index contributed by atoms with van der Waals surface area (Å²) in [6.45, 7) is 5.81. The lowest BCUT2D eigenvalue weighted by atomic mass is 9.67. The third-order valence-electron chi connectivity index (χ3n) is 5.85. The molecule has 4 rings (SSSR count). The Labute approximate surface area is 148 Å². The van der Waals surface area contributed by atoms with E-state index in [1.165, 1.54) is 6.42 Å². The molecule has 1 aliphatic carbocycles. The van der Waals surface area contributed by atoms with E-state index in [4.69, 9.17) is 0 Å². The van der Waals surface area contributed by atoms with Gasteiger partial charge >= 0.3 is 0 Å². The molecule has 2 fully saturated rings. The highest BCUT2D eigenvalue weighted by molar-refractivity contribution is 5.96. The van der Waals surface area contributed by atoms with E-state index in [2.05, 4.69) is 21.8 Å². The fourth-order valence-electron chi connectivity index (χ4n) is 4.55. The molecule has 1 aliphatic heterocycles. The van der Waals surface area contributed by atoms with E-state index in [0.717, 1.165) is 55.1 Å². The maximum atomic E-state index is 13.1. The summed E-state index contributed by atoms with van der Waals surface area (Å²) < 4.78 is 1.92. The number of carbonyl (C=O) groups excluding carboxylic acids is 1. The maximum absolute atomic E-state index is 13.1. The van der Waals surface area contributed by atoms with Crippen LogP contribution in [0.5, 0.6) is 0 Å². The largest absolute Gasteiger partial charge is 0.325 e. The van der Waals surface area contributed by atoms with Crippen molar-refractivity contribution in [3.63, 3.8) is 0 Å². The van der Waals surface area contributed by atoms with E-state index < -0.39 is 0 Å². The first-order chi connectivity index (χ1) is 12.1. The SMILES string of the molecule is Cc1cc(C)n(-c2cccc(NC(=O)[C@@]34CCCC[C@H]3CNC4)c2)n1. The van der Waals surface area contributed by atoms with Crippen LogP contribution in [0.4, 0.5) is 5.69 Å². The summed E-state index contributed by atoms with van der Waals surface area (Å²) in [4.78, 5) is 13.1. The van der Waals surface area contributed by atoms with Gasteiger partial charge < -0.3 is 10.6 Å². The van der Waals surface area contributed by atoms with Crippen molar-refractivity contribution in [1.29, 1.82) is 0 Å². The topological polar surface area (TPSA) is 59.0 Å². The average Bonchev–Trinajstić information content (AvgIpc) is 3.18. The highest BCUT2D eigenvalue weighted by atomic mass is 16.2. The molecule has 132 valence electrons. The second-order valence-corrected chi connectivity index (χ2v) is 7.57. The van der Waals surface area contributed by atoms with Gasteiger partial charge in [0.25, 0.3) is 0 Å².